The number of thiazole rings is 1. The first-order valence-electron chi connectivity index (χ1n) is 9.95. The predicted molar refractivity (Wildman–Crippen MR) is 133 cm³/mol. The number of halogens is 1. The molecule has 2 heterocycles. The summed E-state index contributed by atoms with van der Waals surface area (Å²) in [6.45, 7) is 4.94. The average Bonchev–Trinajstić information content (AvgIpc) is 3.35. The van der Waals surface area contributed by atoms with Gasteiger partial charge in [-0.15, -0.1) is 35.3 Å². The zero-order valence-corrected chi connectivity index (χ0v) is 20.6. The summed E-state index contributed by atoms with van der Waals surface area (Å²) in [7, 11) is 3.56. The maximum atomic E-state index is 5.50. The largest absolute Gasteiger partial charge is 0.495 e. The zero-order chi connectivity index (χ0) is 19.8. The number of unbranched alkanes of at least 4 members (excludes halogenated alkanes) is 1. The quantitative estimate of drug-likeness (QED) is 0.236. The Kier molecular flexibility index (Phi) is 9.99. The third kappa shape index (κ3) is 7.02. The molecular formula is C21H32IN5OS. The summed E-state index contributed by atoms with van der Waals surface area (Å²) in [6.07, 6.45) is 4.39. The molecule has 3 rings (SSSR count). The van der Waals surface area contributed by atoms with Gasteiger partial charge in [0.25, 0.3) is 0 Å². The van der Waals surface area contributed by atoms with Crippen LogP contribution >= 0.6 is 35.3 Å². The Labute approximate surface area is 195 Å². The van der Waals surface area contributed by atoms with Crippen molar-refractivity contribution in [3.8, 4) is 5.75 Å². The van der Waals surface area contributed by atoms with Gasteiger partial charge < -0.3 is 20.3 Å². The van der Waals surface area contributed by atoms with Crippen LogP contribution in [0.2, 0.25) is 0 Å². The summed E-state index contributed by atoms with van der Waals surface area (Å²) in [5, 5.41) is 10.4. The Balaban J connectivity index is 0.00000300. The monoisotopic (exact) mass is 529 g/mol. The summed E-state index contributed by atoms with van der Waals surface area (Å²) in [6, 6.07) is 8.60. The lowest BCUT2D eigenvalue weighted by atomic mass is 10.2. The van der Waals surface area contributed by atoms with Gasteiger partial charge in [0.05, 0.1) is 17.8 Å². The Morgan fingerprint density at radius 3 is 2.90 bits per heavy atom. The van der Waals surface area contributed by atoms with Gasteiger partial charge in [-0.25, -0.2) is 4.98 Å². The maximum Gasteiger partial charge on any atom is 0.191 e. The van der Waals surface area contributed by atoms with Crippen LogP contribution in [0, 0.1) is 6.92 Å². The van der Waals surface area contributed by atoms with Gasteiger partial charge >= 0.3 is 0 Å². The minimum absolute atomic E-state index is 0. The maximum absolute atomic E-state index is 5.50. The highest BCUT2D eigenvalue weighted by Crippen LogP contribution is 2.30. The van der Waals surface area contributed by atoms with Gasteiger partial charge in [-0.2, -0.15) is 0 Å². The summed E-state index contributed by atoms with van der Waals surface area (Å²) >= 11 is 1.76. The van der Waals surface area contributed by atoms with Crippen LogP contribution in [0.1, 0.15) is 30.0 Å². The number of ether oxygens (including phenoxy) is 1. The van der Waals surface area contributed by atoms with E-state index in [0.717, 1.165) is 68.4 Å². The molecule has 29 heavy (non-hydrogen) atoms. The lowest BCUT2D eigenvalue weighted by molar-refractivity contribution is 0.415. The van der Waals surface area contributed by atoms with Crippen LogP contribution in [0.25, 0.3) is 0 Å². The van der Waals surface area contributed by atoms with E-state index in [0.29, 0.717) is 6.04 Å². The zero-order valence-electron chi connectivity index (χ0n) is 17.5. The third-order valence-corrected chi connectivity index (χ3v) is 5.98. The van der Waals surface area contributed by atoms with Crippen molar-refractivity contribution in [3.63, 3.8) is 0 Å². The fourth-order valence-electron chi connectivity index (χ4n) is 3.50. The number of para-hydroxylation sites is 2. The van der Waals surface area contributed by atoms with Crippen LogP contribution < -0.4 is 20.3 Å². The molecule has 0 aliphatic carbocycles. The normalized spacial score (nSPS) is 16.4. The van der Waals surface area contributed by atoms with Crippen molar-refractivity contribution in [1.82, 2.24) is 15.6 Å². The highest BCUT2D eigenvalue weighted by Gasteiger charge is 2.25. The van der Waals surface area contributed by atoms with E-state index < -0.39 is 0 Å². The van der Waals surface area contributed by atoms with Gasteiger partial charge in [-0.05, 0) is 44.7 Å². The summed E-state index contributed by atoms with van der Waals surface area (Å²) in [4.78, 5) is 11.3. The molecule has 2 N–H and O–H groups in total. The second-order valence-corrected chi connectivity index (χ2v) is 8.03. The molecule has 2 aromatic rings. The highest BCUT2D eigenvalue weighted by atomic mass is 127. The number of aryl methyl sites for hydroxylation is 2. The van der Waals surface area contributed by atoms with Gasteiger partial charge in [-0.1, -0.05) is 12.1 Å². The van der Waals surface area contributed by atoms with E-state index in [1.165, 1.54) is 5.01 Å². The Morgan fingerprint density at radius 1 is 1.34 bits per heavy atom. The number of aromatic nitrogens is 1. The molecular weight excluding hydrogens is 497 g/mol. The molecule has 1 saturated heterocycles. The van der Waals surface area contributed by atoms with E-state index in [1.54, 1.807) is 18.4 Å². The SMILES string of the molecule is CN=C(NCCCCc1nc(C)cs1)NC1CCN(c2ccccc2OC)C1.I. The standard InChI is InChI=1S/C21H31N5OS.HI/c1-16-15-28-20(24-16)10-6-7-12-23-21(22-2)25-17-11-13-26(14-17)18-8-4-5-9-19(18)27-3;/h4-5,8-9,15,17H,6-7,10-14H2,1-3H3,(H2,22,23,25);1H. The molecule has 1 fully saturated rings. The van der Waals surface area contributed by atoms with Crippen molar-refractivity contribution >= 4 is 47.0 Å². The molecule has 1 unspecified atom stereocenters. The minimum atomic E-state index is 0. The lowest BCUT2D eigenvalue weighted by Gasteiger charge is -2.22. The van der Waals surface area contributed by atoms with E-state index in [-0.39, 0.29) is 24.0 Å². The smallest absolute Gasteiger partial charge is 0.191 e. The van der Waals surface area contributed by atoms with Crippen LogP contribution in [-0.4, -0.2) is 50.8 Å². The van der Waals surface area contributed by atoms with Gasteiger partial charge in [-0.3, -0.25) is 4.99 Å². The first kappa shape index (κ1) is 23.7. The molecule has 1 aromatic carbocycles. The molecule has 0 radical (unpaired) electrons. The number of guanidine groups is 1. The summed E-state index contributed by atoms with van der Waals surface area (Å²) in [5.74, 6) is 1.82. The first-order valence-corrected chi connectivity index (χ1v) is 10.8. The fourth-order valence-corrected chi connectivity index (χ4v) is 4.32. The van der Waals surface area contributed by atoms with E-state index in [2.05, 4.69) is 49.9 Å². The van der Waals surface area contributed by atoms with E-state index >= 15 is 0 Å². The number of anilines is 1. The predicted octanol–water partition coefficient (Wildman–Crippen LogP) is 3.84. The molecule has 1 aliphatic rings. The molecule has 1 atom stereocenters. The summed E-state index contributed by atoms with van der Waals surface area (Å²) < 4.78 is 5.50. The van der Waals surface area contributed by atoms with Crippen LogP contribution in [0.5, 0.6) is 5.75 Å². The highest BCUT2D eigenvalue weighted by molar-refractivity contribution is 14.0. The number of hydrogen-bond donors (Lipinski definition) is 2. The molecule has 0 bridgehead atoms. The van der Waals surface area contributed by atoms with Gasteiger partial charge in [0, 0.05) is 43.8 Å². The Morgan fingerprint density at radius 2 is 2.17 bits per heavy atom. The average molecular weight is 529 g/mol. The number of nitrogens with zero attached hydrogens (tertiary/aromatic N) is 3. The van der Waals surface area contributed by atoms with Crippen molar-refractivity contribution in [2.45, 2.75) is 38.6 Å². The molecule has 160 valence electrons. The lowest BCUT2D eigenvalue weighted by Crippen LogP contribution is -2.44. The van der Waals surface area contributed by atoms with Crippen molar-refractivity contribution in [2.24, 2.45) is 4.99 Å². The van der Waals surface area contributed by atoms with E-state index in [4.69, 9.17) is 4.74 Å². The third-order valence-electron chi connectivity index (χ3n) is 4.95. The molecule has 6 nitrogen and oxygen atoms in total. The number of rotatable bonds is 8. The number of aliphatic imine (C=N–C) groups is 1. The van der Waals surface area contributed by atoms with Crippen LogP contribution in [0.3, 0.4) is 0 Å². The second kappa shape index (κ2) is 12.2. The molecule has 1 aliphatic heterocycles. The Hall–Kier alpha value is -1.55. The van der Waals surface area contributed by atoms with Crippen molar-refractivity contribution in [3.05, 3.63) is 40.3 Å². The van der Waals surface area contributed by atoms with Crippen LogP contribution in [-0.2, 0) is 6.42 Å². The number of benzene rings is 1. The molecule has 0 saturated carbocycles. The topological polar surface area (TPSA) is 61.8 Å². The summed E-state index contributed by atoms with van der Waals surface area (Å²) in [5.41, 5.74) is 2.29. The fraction of sp³-hybridized carbons (Fsp3) is 0.524. The molecule has 0 spiro atoms. The molecule has 8 heteroatoms. The number of nitrogens with one attached hydrogen (secondary N) is 2. The Bertz CT molecular complexity index is 782. The minimum Gasteiger partial charge on any atom is -0.495 e. The van der Waals surface area contributed by atoms with E-state index in [9.17, 15) is 0 Å². The number of methoxy groups -OCH3 is 1. The number of hydrogen-bond acceptors (Lipinski definition) is 5. The van der Waals surface area contributed by atoms with Gasteiger partial charge in [0.2, 0.25) is 0 Å². The van der Waals surface area contributed by atoms with Crippen LogP contribution in [0.4, 0.5) is 5.69 Å². The van der Waals surface area contributed by atoms with Gasteiger partial charge in [0.1, 0.15) is 5.75 Å². The molecule has 1 aromatic heterocycles. The van der Waals surface area contributed by atoms with Crippen molar-refractivity contribution < 1.29 is 4.74 Å². The van der Waals surface area contributed by atoms with Crippen molar-refractivity contribution in [2.75, 3.05) is 38.7 Å². The van der Waals surface area contributed by atoms with E-state index in [1.807, 2.05) is 19.2 Å². The van der Waals surface area contributed by atoms with Crippen LogP contribution in [0.15, 0.2) is 34.6 Å². The van der Waals surface area contributed by atoms with Gasteiger partial charge in [0.15, 0.2) is 5.96 Å². The van der Waals surface area contributed by atoms with Crippen molar-refractivity contribution in [1.29, 1.82) is 0 Å². The molecule has 0 amide bonds. The first-order chi connectivity index (χ1) is 13.7. The second-order valence-electron chi connectivity index (χ2n) is 7.09.